The molecule has 1 N–H and O–H groups in total. The van der Waals surface area contributed by atoms with Crippen LogP contribution in [0.3, 0.4) is 0 Å². The Kier molecular flexibility index (Phi) is 4.10. The molecule has 0 bridgehead atoms. The molecule has 0 aromatic carbocycles. The van der Waals surface area contributed by atoms with Crippen molar-refractivity contribution in [3.63, 3.8) is 0 Å². The van der Waals surface area contributed by atoms with Crippen LogP contribution in [-0.2, 0) is 9.53 Å². The predicted molar refractivity (Wildman–Crippen MR) is 56.0 cm³/mol. The van der Waals surface area contributed by atoms with Gasteiger partial charge in [-0.2, -0.15) is 5.26 Å². The van der Waals surface area contributed by atoms with Gasteiger partial charge in [0.05, 0.1) is 18.6 Å². The van der Waals surface area contributed by atoms with Gasteiger partial charge < -0.3 is 10.1 Å². The molecule has 0 unspecified atom stereocenters. The zero-order valence-corrected chi connectivity index (χ0v) is 9.38. The maximum atomic E-state index is 11.6. The first-order valence-corrected chi connectivity index (χ1v) is 5.43. The molecule has 2 atom stereocenters. The van der Waals surface area contributed by atoms with Crippen LogP contribution in [0.4, 0.5) is 0 Å². The van der Waals surface area contributed by atoms with E-state index >= 15 is 0 Å². The van der Waals surface area contributed by atoms with Gasteiger partial charge in [0.1, 0.15) is 5.54 Å². The van der Waals surface area contributed by atoms with Crippen LogP contribution < -0.4 is 5.32 Å². The van der Waals surface area contributed by atoms with Gasteiger partial charge in [0.15, 0.2) is 0 Å². The average molecular weight is 210 g/mol. The highest BCUT2D eigenvalue weighted by atomic mass is 16.5. The van der Waals surface area contributed by atoms with Crippen LogP contribution in [0.1, 0.15) is 39.5 Å². The summed E-state index contributed by atoms with van der Waals surface area (Å²) in [5.74, 6) is -0.0900. The summed E-state index contributed by atoms with van der Waals surface area (Å²) in [6.45, 7) is 4.37. The highest BCUT2D eigenvalue weighted by Crippen LogP contribution is 2.16. The Balaban J connectivity index is 2.38. The SMILES string of the molecule is CC[C@](C)(C#N)NC(=O)C[C@@H]1CCCO1. The molecular weight excluding hydrogens is 192 g/mol. The lowest BCUT2D eigenvalue weighted by Gasteiger charge is -2.22. The van der Waals surface area contributed by atoms with Gasteiger partial charge in [-0.15, -0.1) is 0 Å². The fourth-order valence-corrected chi connectivity index (χ4v) is 1.57. The van der Waals surface area contributed by atoms with Gasteiger partial charge in [0, 0.05) is 6.61 Å². The van der Waals surface area contributed by atoms with E-state index in [4.69, 9.17) is 10.00 Å². The van der Waals surface area contributed by atoms with Crippen LogP contribution in [0, 0.1) is 11.3 Å². The third kappa shape index (κ3) is 3.52. The van der Waals surface area contributed by atoms with E-state index in [2.05, 4.69) is 11.4 Å². The van der Waals surface area contributed by atoms with Crippen LogP contribution in [0.2, 0.25) is 0 Å². The number of hydrogen-bond donors (Lipinski definition) is 1. The summed E-state index contributed by atoms with van der Waals surface area (Å²) < 4.78 is 5.36. The Labute approximate surface area is 90.6 Å². The molecule has 1 fully saturated rings. The van der Waals surface area contributed by atoms with Crippen LogP contribution in [-0.4, -0.2) is 24.2 Å². The van der Waals surface area contributed by atoms with E-state index in [0.29, 0.717) is 12.8 Å². The van der Waals surface area contributed by atoms with Crippen molar-refractivity contribution in [2.45, 2.75) is 51.2 Å². The molecule has 0 saturated carbocycles. The molecular formula is C11H18N2O2. The third-order valence-electron chi connectivity index (χ3n) is 2.81. The van der Waals surface area contributed by atoms with E-state index in [9.17, 15) is 4.79 Å². The standard InChI is InChI=1S/C11H18N2O2/c1-3-11(2,8-12)13-10(14)7-9-5-4-6-15-9/h9H,3-7H2,1-2H3,(H,13,14)/t9-,11+/m0/s1. The van der Waals surface area contributed by atoms with Gasteiger partial charge in [0.2, 0.25) is 5.91 Å². The van der Waals surface area contributed by atoms with Gasteiger partial charge >= 0.3 is 0 Å². The first-order chi connectivity index (χ1) is 7.09. The van der Waals surface area contributed by atoms with Crippen molar-refractivity contribution in [3.05, 3.63) is 0 Å². The molecule has 0 aromatic heterocycles. The van der Waals surface area contributed by atoms with Gasteiger partial charge in [-0.05, 0) is 26.2 Å². The Bertz CT molecular complexity index is 266. The van der Waals surface area contributed by atoms with E-state index in [1.54, 1.807) is 6.92 Å². The number of carbonyl (C=O) groups excluding carboxylic acids is 1. The van der Waals surface area contributed by atoms with E-state index in [-0.39, 0.29) is 12.0 Å². The number of nitrogens with zero attached hydrogens (tertiary/aromatic N) is 1. The Morgan fingerprint density at radius 1 is 1.73 bits per heavy atom. The molecule has 1 saturated heterocycles. The van der Waals surface area contributed by atoms with Gasteiger partial charge in [-0.1, -0.05) is 6.92 Å². The number of carbonyl (C=O) groups is 1. The summed E-state index contributed by atoms with van der Waals surface area (Å²) in [5, 5.41) is 11.6. The summed E-state index contributed by atoms with van der Waals surface area (Å²) in [6.07, 6.45) is 3.01. The average Bonchev–Trinajstić information content (AvgIpc) is 2.70. The second-order valence-corrected chi connectivity index (χ2v) is 4.18. The highest BCUT2D eigenvalue weighted by Gasteiger charge is 2.26. The molecule has 1 heterocycles. The minimum absolute atomic E-state index is 0.0461. The fourth-order valence-electron chi connectivity index (χ4n) is 1.57. The largest absolute Gasteiger partial charge is 0.378 e. The van der Waals surface area contributed by atoms with Crippen molar-refractivity contribution in [3.8, 4) is 6.07 Å². The molecule has 84 valence electrons. The molecule has 4 nitrogen and oxygen atoms in total. The lowest BCUT2D eigenvalue weighted by atomic mass is 10.0. The number of rotatable bonds is 4. The third-order valence-corrected chi connectivity index (χ3v) is 2.81. The van der Waals surface area contributed by atoms with Crippen LogP contribution in [0.15, 0.2) is 0 Å². The van der Waals surface area contributed by atoms with Gasteiger partial charge in [-0.25, -0.2) is 0 Å². The van der Waals surface area contributed by atoms with Gasteiger partial charge in [-0.3, -0.25) is 4.79 Å². The Hall–Kier alpha value is -1.08. The maximum Gasteiger partial charge on any atom is 0.223 e. The Morgan fingerprint density at radius 2 is 2.47 bits per heavy atom. The maximum absolute atomic E-state index is 11.6. The van der Waals surface area contributed by atoms with Crippen molar-refractivity contribution in [2.24, 2.45) is 0 Å². The lowest BCUT2D eigenvalue weighted by molar-refractivity contribution is -0.124. The lowest BCUT2D eigenvalue weighted by Crippen LogP contribution is -2.45. The van der Waals surface area contributed by atoms with E-state index in [0.717, 1.165) is 19.4 Å². The number of ether oxygens (including phenoxy) is 1. The topological polar surface area (TPSA) is 62.1 Å². The molecule has 0 aromatic rings. The second-order valence-electron chi connectivity index (χ2n) is 4.18. The van der Waals surface area contributed by atoms with Crippen molar-refractivity contribution in [1.29, 1.82) is 5.26 Å². The van der Waals surface area contributed by atoms with Crippen molar-refractivity contribution in [2.75, 3.05) is 6.61 Å². The normalized spacial score (nSPS) is 24.2. The molecule has 4 heteroatoms. The van der Waals surface area contributed by atoms with E-state index < -0.39 is 5.54 Å². The second kappa shape index (κ2) is 5.13. The predicted octanol–water partition coefficient (Wildman–Crippen LogP) is 1.36. The van der Waals surface area contributed by atoms with Crippen LogP contribution in [0.25, 0.3) is 0 Å². The summed E-state index contributed by atoms with van der Waals surface area (Å²) in [7, 11) is 0. The summed E-state index contributed by atoms with van der Waals surface area (Å²) in [4.78, 5) is 11.6. The first kappa shape index (κ1) is 12.0. The number of amides is 1. The quantitative estimate of drug-likeness (QED) is 0.762. The summed E-state index contributed by atoms with van der Waals surface area (Å²) in [5.41, 5.74) is -0.740. The molecule has 0 aliphatic carbocycles. The minimum Gasteiger partial charge on any atom is -0.378 e. The molecule has 1 rings (SSSR count). The first-order valence-electron chi connectivity index (χ1n) is 5.43. The zero-order chi connectivity index (χ0) is 11.3. The van der Waals surface area contributed by atoms with Crippen molar-refractivity contribution < 1.29 is 9.53 Å². The molecule has 15 heavy (non-hydrogen) atoms. The monoisotopic (exact) mass is 210 g/mol. The molecule has 1 aliphatic heterocycles. The molecule has 0 spiro atoms. The minimum atomic E-state index is -0.740. The molecule has 0 radical (unpaired) electrons. The highest BCUT2D eigenvalue weighted by molar-refractivity contribution is 5.77. The zero-order valence-electron chi connectivity index (χ0n) is 9.38. The molecule has 1 amide bonds. The summed E-state index contributed by atoms with van der Waals surface area (Å²) in [6, 6.07) is 2.11. The van der Waals surface area contributed by atoms with Gasteiger partial charge in [0.25, 0.3) is 0 Å². The number of nitriles is 1. The van der Waals surface area contributed by atoms with E-state index in [1.165, 1.54) is 0 Å². The number of hydrogen-bond acceptors (Lipinski definition) is 3. The molecule has 1 aliphatic rings. The van der Waals surface area contributed by atoms with Crippen molar-refractivity contribution in [1.82, 2.24) is 5.32 Å². The van der Waals surface area contributed by atoms with Crippen LogP contribution in [0.5, 0.6) is 0 Å². The summed E-state index contributed by atoms with van der Waals surface area (Å²) >= 11 is 0. The van der Waals surface area contributed by atoms with Crippen molar-refractivity contribution >= 4 is 5.91 Å². The van der Waals surface area contributed by atoms with E-state index in [1.807, 2.05) is 6.92 Å². The fraction of sp³-hybridized carbons (Fsp3) is 0.818. The van der Waals surface area contributed by atoms with Crippen LogP contribution >= 0.6 is 0 Å². The number of nitrogens with one attached hydrogen (secondary N) is 1. The smallest absolute Gasteiger partial charge is 0.223 e. The Morgan fingerprint density at radius 3 is 2.93 bits per heavy atom.